The number of likely N-dealkylation sites (tertiary alicyclic amines) is 1. The maximum atomic E-state index is 13.5. The predicted octanol–water partition coefficient (Wildman–Crippen LogP) is 1.01. The van der Waals surface area contributed by atoms with Crippen LogP contribution in [0.15, 0.2) is 54.1 Å². The van der Waals surface area contributed by atoms with Gasteiger partial charge in [0.05, 0.1) is 39.5 Å². The van der Waals surface area contributed by atoms with Gasteiger partial charge in [0.25, 0.3) is 5.91 Å². The van der Waals surface area contributed by atoms with E-state index in [4.69, 9.17) is 14.2 Å². The van der Waals surface area contributed by atoms with Crippen molar-refractivity contribution in [2.24, 2.45) is 0 Å². The zero-order valence-electron chi connectivity index (χ0n) is 21.0. The van der Waals surface area contributed by atoms with Gasteiger partial charge in [0, 0.05) is 18.5 Å². The monoisotopic (exact) mass is 494 g/mol. The fraction of sp³-hybridized carbons (Fsp3) is 0.429. The molecule has 2 aromatic rings. The standard InChI is InChI=1S/C28H34N2O6/c1-3-16-36-22-11-10-21(19-23(22)34-2)25-24(26(31)20-8-5-4-6-9-20)27(32)28(33)30(25)13-7-12-29-14-17-35-18-15-29/h4-6,8-11,19,25,31H,3,7,12-18H2,1-2H3. The summed E-state index contributed by atoms with van der Waals surface area (Å²) < 4.78 is 16.8. The first-order valence-corrected chi connectivity index (χ1v) is 12.6. The summed E-state index contributed by atoms with van der Waals surface area (Å²) in [5.41, 5.74) is 1.01. The van der Waals surface area contributed by atoms with Crippen molar-refractivity contribution >= 4 is 17.4 Å². The summed E-state index contributed by atoms with van der Waals surface area (Å²) in [6.07, 6.45) is 1.56. The van der Waals surface area contributed by atoms with Crippen molar-refractivity contribution in [1.29, 1.82) is 0 Å². The van der Waals surface area contributed by atoms with Crippen LogP contribution < -0.4 is 19.5 Å². The van der Waals surface area contributed by atoms with E-state index in [1.54, 1.807) is 54.5 Å². The van der Waals surface area contributed by atoms with E-state index in [9.17, 15) is 14.7 Å². The number of benzene rings is 2. The molecule has 2 saturated heterocycles. The van der Waals surface area contributed by atoms with Crippen molar-refractivity contribution in [3.8, 4) is 11.5 Å². The third kappa shape index (κ3) is 5.55. The maximum Gasteiger partial charge on any atom is 0.295 e. The third-order valence-corrected chi connectivity index (χ3v) is 6.66. The Labute approximate surface area is 212 Å². The molecule has 0 spiro atoms. The van der Waals surface area contributed by atoms with Crippen LogP contribution in [0.2, 0.25) is 0 Å². The van der Waals surface area contributed by atoms with Gasteiger partial charge in [0.1, 0.15) is 13.1 Å². The Bertz CT molecular complexity index is 1090. The smallest absolute Gasteiger partial charge is 0.295 e. The molecular weight excluding hydrogens is 460 g/mol. The summed E-state index contributed by atoms with van der Waals surface area (Å²) in [4.78, 5) is 29.4. The Balaban J connectivity index is 1.69. The van der Waals surface area contributed by atoms with Crippen LogP contribution in [0.25, 0.3) is 5.76 Å². The number of ketones is 1. The minimum Gasteiger partial charge on any atom is -0.872 e. The zero-order chi connectivity index (χ0) is 25.5. The molecule has 2 heterocycles. The summed E-state index contributed by atoms with van der Waals surface area (Å²) in [5.74, 6) is -0.723. The molecule has 0 saturated carbocycles. The molecule has 0 radical (unpaired) electrons. The van der Waals surface area contributed by atoms with Crippen LogP contribution in [0, 0.1) is 0 Å². The van der Waals surface area contributed by atoms with Crippen molar-refractivity contribution < 1.29 is 33.8 Å². The predicted molar refractivity (Wildman–Crippen MR) is 133 cm³/mol. The van der Waals surface area contributed by atoms with Gasteiger partial charge in [-0.3, -0.25) is 9.59 Å². The topological polar surface area (TPSA) is 92.6 Å². The molecule has 192 valence electrons. The lowest BCUT2D eigenvalue weighted by molar-refractivity contribution is -0.908. The largest absolute Gasteiger partial charge is 0.872 e. The second-order valence-corrected chi connectivity index (χ2v) is 9.06. The summed E-state index contributed by atoms with van der Waals surface area (Å²) >= 11 is 0. The number of quaternary nitrogens is 1. The summed E-state index contributed by atoms with van der Waals surface area (Å²) in [6, 6.07) is 13.2. The lowest BCUT2D eigenvalue weighted by Crippen LogP contribution is -3.14. The van der Waals surface area contributed by atoms with E-state index in [2.05, 4.69) is 0 Å². The van der Waals surface area contributed by atoms with Gasteiger partial charge in [-0.2, -0.15) is 0 Å². The number of morpholine rings is 1. The molecule has 1 unspecified atom stereocenters. The van der Waals surface area contributed by atoms with Crippen LogP contribution >= 0.6 is 0 Å². The highest BCUT2D eigenvalue weighted by Crippen LogP contribution is 2.41. The van der Waals surface area contributed by atoms with Crippen molar-refractivity contribution in [2.75, 3.05) is 53.1 Å². The summed E-state index contributed by atoms with van der Waals surface area (Å²) in [5, 5.41) is 13.5. The highest BCUT2D eigenvalue weighted by atomic mass is 16.5. The maximum absolute atomic E-state index is 13.5. The quantitative estimate of drug-likeness (QED) is 0.301. The number of hydrogen-bond acceptors (Lipinski definition) is 6. The fourth-order valence-electron chi connectivity index (χ4n) is 4.79. The zero-order valence-corrected chi connectivity index (χ0v) is 21.0. The van der Waals surface area contributed by atoms with Gasteiger partial charge in [-0.1, -0.05) is 49.1 Å². The minimum absolute atomic E-state index is 0.0193. The van der Waals surface area contributed by atoms with E-state index in [1.807, 2.05) is 13.0 Å². The number of ether oxygens (including phenoxy) is 3. The average molecular weight is 495 g/mol. The highest BCUT2D eigenvalue weighted by Gasteiger charge is 2.44. The van der Waals surface area contributed by atoms with Crippen molar-refractivity contribution in [2.45, 2.75) is 25.8 Å². The van der Waals surface area contributed by atoms with Gasteiger partial charge in [0.15, 0.2) is 11.5 Å². The second-order valence-electron chi connectivity index (χ2n) is 9.06. The number of carbonyl (C=O) groups is 2. The molecule has 36 heavy (non-hydrogen) atoms. The van der Waals surface area contributed by atoms with E-state index in [0.717, 1.165) is 39.3 Å². The molecule has 1 amide bonds. The average Bonchev–Trinajstić information content (AvgIpc) is 3.17. The van der Waals surface area contributed by atoms with Gasteiger partial charge in [-0.25, -0.2) is 0 Å². The SMILES string of the molecule is CCCOc1ccc(C2C(=C([O-])c3ccccc3)C(=O)C(=O)N2CCC[NH+]2CCOCC2)cc1OC. The van der Waals surface area contributed by atoms with Crippen molar-refractivity contribution in [1.82, 2.24) is 4.90 Å². The number of amides is 1. The van der Waals surface area contributed by atoms with E-state index in [-0.39, 0.29) is 5.57 Å². The lowest BCUT2D eigenvalue weighted by Gasteiger charge is -2.29. The molecule has 4 rings (SSSR count). The van der Waals surface area contributed by atoms with Crippen LogP contribution in [0.1, 0.15) is 36.9 Å². The van der Waals surface area contributed by atoms with Crippen molar-refractivity contribution in [3.05, 3.63) is 65.2 Å². The van der Waals surface area contributed by atoms with Crippen molar-refractivity contribution in [3.63, 3.8) is 0 Å². The minimum atomic E-state index is -0.786. The Morgan fingerprint density at radius 2 is 1.86 bits per heavy atom. The number of Topliss-reactive ketones (excluding diaryl/α,β-unsaturated/α-hetero) is 1. The molecular formula is C28H34N2O6. The molecule has 0 bridgehead atoms. The first-order valence-electron chi connectivity index (χ1n) is 12.6. The Hall–Kier alpha value is -3.36. The Morgan fingerprint density at radius 3 is 2.56 bits per heavy atom. The molecule has 2 fully saturated rings. The number of carbonyl (C=O) groups excluding carboxylic acids is 2. The third-order valence-electron chi connectivity index (χ3n) is 6.66. The summed E-state index contributed by atoms with van der Waals surface area (Å²) in [6.45, 7) is 7.11. The summed E-state index contributed by atoms with van der Waals surface area (Å²) in [7, 11) is 1.55. The van der Waals surface area contributed by atoms with Gasteiger partial charge in [-0.15, -0.1) is 0 Å². The molecule has 0 aliphatic carbocycles. The Kier molecular flexibility index (Phi) is 8.61. The lowest BCUT2D eigenvalue weighted by atomic mass is 9.95. The van der Waals surface area contributed by atoms with Gasteiger partial charge in [-0.05, 0) is 29.7 Å². The molecule has 1 atom stereocenters. The van der Waals surface area contributed by atoms with Crippen LogP contribution in [-0.2, 0) is 14.3 Å². The molecule has 2 aliphatic rings. The normalized spacial score (nSPS) is 20.1. The number of rotatable bonds is 10. The van der Waals surface area contributed by atoms with Gasteiger partial charge >= 0.3 is 0 Å². The molecule has 2 aromatic carbocycles. The second kappa shape index (κ2) is 12.1. The number of methoxy groups -OCH3 is 1. The molecule has 0 aromatic heterocycles. The van der Waals surface area contributed by atoms with Crippen LogP contribution in [0.3, 0.4) is 0 Å². The van der Waals surface area contributed by atoms with E-state index < -0.39 is 23.5 Å². The van der Waals surface area contributed by atoms with E-state index >= 15 is 0 Å². The van der Waals surface area contributed by atoms with Gasteiger partial charge in [0.2, 0.25) is 5.78 Å². The molecule has 8 heteroatoms. The first kappa shape index (κ1) is 25.7. The first-order chi connectivity index (χ1) is 17.5. The van der Waals surface area contributed by atoms with E-state index in [1.165, 1.54) is 4.90 Å². The van der Waals surface area contributed by atoms with Gasteiger partial charge < -0.3 is 29.1 Å². The molecule has 2 aliphatic heterocycles. The highest BCUT2D eigenvalue weighted by molar-refractivity contribution is 6.46. The number of nitrogens with zero attached hydrogens (tertiary/aromatic N) is 1. The number of hydrogen-bond donors (Lipinski definition) is 1. The number of nitrogens with one attached hydrogen (secondary N) is 1. The fourth-order valence-corrected chi connectivity index (χ4v) is 4.79. The molecule has 8 nitrogen and oxygen atoms in total. The van der Waals surface area contributed by atoms with Crippen LogP contribution in [0.5, 0.6) is 11.5 Å². The van der Waals surface area contributed by atoms with Crippen LogP contribution in [-0.4, -0.2) is 69.7 Å². The van der Waals surface area contributed by atoms with Crippen LogP contribution in [0.4, 0.5) is 0 Å². The Morgan fingerprint density at radius 1 is 1.11 bits per heavy atom. The molecule has 1 N–H and O–H groups in total. The van der Waals surface area contributed by atoms with E-state index in [0.29, 0.717) is 42.2 Å².